The number of amides is 2. The fourth-order valence-corrected chi connectivity index (χ4v) is 4.14. The van der Waals surface area contributed by atoms with Crippen molar-refractivity contribution in [3.8, 4) is 10.7 Å². The molecule has 0 bridgehead atoms. The molecule has 1 aromatic carbocycles. The molecule has 3 heterocycles. The Morgan fingerprint density at radius 3 is 2.84 bits per heavy atom. The molecule has 0 unspecified atom stereocenters. The predicted molar refractivity (Wildman–Crippen MR) is 119 cm³/mol. The molecule has 3 aromatic rings. The van der Waals surface area contributed by atoms with Gasteiger partial charge in [-0.2, -0.15) is 4.98 Å². The molecule has 0 atom stereocenters. The lowest BCUT2D eigenvalue weighted by Gasteiger charge is -2.22. The Hall–Kier alpha value is -3.04. The van der Waals surface area contributed by atoms with Gasteiger partial charge in [0, 0.05) is 32.5 Å². The van der Waals surface area contributed by atoms with Gasteiger partial charge in [0.2, 0.25) is 17.6 Å². The van der Waals surface area contributed by atoms with Crippen molar-refractivity contribution in [2.24, 2.45) is 0 Å². The highest BCUT2D eigenvalue weighted by Gasteiger charge is 2.22. The Kier molecular flexibility index (Phi) is 6.73. The fourth-order valence-electron chi connectivity index (χ4n) is 3.49. The minimum absolute atomic E-state index is 0.0521. The Morgan fingerprint density at radius 1 is 1.13 bits per heavy atom. The highest BCUT2D eigenvalue weighted by atomic mass is 32.1. The molecule has 1 fully saturated rings. The molecule has 1 aliphatic rings. The van der Waals surface area contributed by atoms with E-state index in [-0.39, 0.29) is 18.2 Å². The van der Waals surface area contributed by atoms with Crippen LogP contribution in [0.25, 0.3) is 10.7 Å². The van der Waals surface area contributed by atoms with Gasteiger partial charge in [-0.3, -0.25) is 9.59 Å². The van der Waals surface area contributed by atoms with Crippen LogP contribution in [0.2, 0.25) is 0 Å². The first kappa shape index (κ1) is 21.2. The lowest BCUT2D eigenvalue weighted by Crippen LogP contribution is -2.35. The molecule has 2 amide bonds. The standard InChI is InChI=1S/C22H25N5O3S/c1-26-11-5-12-27(14-13-26)22(29)16-6-2-3-7-17(16)23-19(28)9-10-20-24-21(25-30-20)18-8-4-15-31-18/h2-4,6-8,15H,5,9-14H2,1H3,(H,23,28). The number of carbonyl (C=O) groups is 2. The van der Waals surface area contributed by atoms with Crippen molar-refractivity contribution in [2.45, 2.75) is 19.3 Å². The van der Waals surface area contributed by atoms with Crippen LogP contribution in [0.5, 0.6) is 0 Å². The summed E-state index contributed by atoms with van der Waals surface area (Å²) in [5, 5.41) is 8.78. The first-order chi connectivity index (χ1) is 15.1. The zero-order valence-electron chi connectivity index (χ0n) is 17.4. The summed E-state index contributed by atoms with van der Waals surface area (Å²) >= 11 is 1.53. The van der Waals surface area contributed by atoms with Gasteiger partial charge >= 0.3 is 0 Å². The van der Waals surface area contributed by atoms with E-state index in [1.165, 1.54) is 11.3 Å². The van der Waals surface area contributed by atoms with Gasteiger partial charge in [0.05, 0.1) is 16.1 Å². The molecule has 9 heteroatoms. The van der Waals surface area contributed by atoms with Crippen molar-refractivity contribution in [3.63, 3.8) is 0 Å². The van der Waals surface area contributed by atoms with E-state index in [0.717, 1.165) is 30.9 Å². The monoisotopic (exact) mass is 439 g/mol. The van der Waals surface area contributed by atoms with E-state index >= 15 is 0 Å². The number of para-hydroxylation sites is 1. The van der Waals surface area contributed by atoms with Gasteiger partial charge in [0.1, 0.15) is 0 Å². The Bertz CT molecular complexity index is 1030. The summed E-state index contributed by atoms with van der Waals surface area (Å²) in [6.45, 7) is 3.22. The van der Waals surface area contributed by atoms with Crippen LogP contribution in [0.4, 0.5) is 5.69 Å². The number of aryl methyl sites for hydroxylation is 1. The summed E-state index contributed by atoms with van der Waals surface area (Å²) in [6, 6.07) is 11.0. The van der Waals surface area contributed by atoms with Crippen LogP contribution in [0.15, 0.2) is 46.3 Å². The van der Waals surface area contributed by atoms with Crippen LogP contribution >= 0.6 is 11.3 Å². The molecular formula is C22H25N5O3S. The van der Waals surface area contributed by atoms with Crippen LogP contribution in [0.3, 0.4) is 0 Å². The lowest BCUT2D eigenvalue weighted by molar-refractivity contribution is -0.116. The molecule has 31 heavy (non-hydrogen) atoms. The summed E-state index contributed by atoms with van der Waals surface area (Å²) in [5.74, 6) is 0.691. The van der Waals surface area contributed by atoms with E-state index in [2.05, 4.69) is 27.4 Å². The molecule has 0 radical (unpaired) electrons. The average Bonchev–Trinajstić information content (AvgIpc) is 3.42. The SMILES string of the molecule is CN1CCCN(C(=O)c2ccccc2NC(=O)CCc2nc(-c3cccs3)no2)CC1. The summed E-state index contributed by atoms with van der Waals surface area (Å²) < 4.78 is 5.25. The first-order valence-corrected chi connectivity index (χ1v) is 11.2. The minimum Gasteiger partial charge on any atom is -0.339 e. The quantitative estimate of drug-likeness (QED) is 0.634. The van der Waals surface area contributed by atoms with Gasteiger partial charge in [-0.1, -0.05) is 23.4 Å². The fraction of sp³-hybridized carbons (Fsp3) is 0.364. The first-order valence-electron chi connectivity index (χ1n) is 10.3. The maximum atomic E-state index is 13.1. The molecule has 8 nitrogen and oxygen atoms in total. The second kappa shape index (κ2) is 9.84. The van der Waals surface area contributed by atoms with Gasteiger partial charge in [-0.05, 0) is 43.6 Å². The van der Waals surface area contributed by atoms with E-state index in [0.29, 0.717) is 35.9 Å². The zero-order valence-corrected chi connectivity index (χ0v) is 18.2. The smallest absolute Gasteiger partial charge is 0.256 e. The molecule has 0 saturated carbocycles. The summed E-state index contributed by atoms with van der Waals surface area (Å²) in [6.07, 6.45) is 1.45. The van der Waals surface area contributed by atoms with Gasteiger partial charge in [-0.15, -0.1) is 11.3 Å². The van der Waals surface area contributed by atoms with Crippen molar-refractivity contribution in [1.29, 1.82) is 0 Å². The average molecular weight is 440 g/mol. The van der Waals surface area contributed by atoms with Crippen LogP contribution in [-0.4, -0.2) is 65.0 Å². The number of anilines is 1. The van der Waals surface area contributed by atoms with Crippen LogP contribution in [0, 0.1) is 0 Å². The highest BCUT2D eigenvalue weighted by molar-refractivity contribution is 7.13. The summed E-state index contributed by atoms with van der Waals surface area (Å²) in [5.41, 5.74) is 1.04. The number of hydrogen-bond acceptors (Lipinski definition) is 7. The van der Waals surface area contributed by atoms with Crippen molar-refractivity contribution < 1.29 is 14.1 Å². The van der Waals surface area contributed by atoms with E-state index in [9.17, 15) is 9.59 Å². The predicted octanol–water partition coefficient (Wildman–Crippen LogP) is 3.15. The number of thiophene rings is 1. The van der Waals surface area contributed by atoms with Crippen molar-refractivity contribution in [1.82, 2.24) is 19.9 Å². The van der Waals surface area contributed by atoms with Crippen molar-refractivity contribution in [2.75, 3.05) is 38.5 Å². The number of rotatable bonds is 6. The third-order valence-electron chi connectivity index (χ3n) is 5.21. The lowest BCUT2D eigenvalue weighted by atomic mass is 10.1. The normalized spacial score (nSPS) is 14.9. The molecule has 1 aliphatic heterocycles. The molecule has 0 aliphatic carbocycles. The van der Waals surface area contributed by atoms with E-state index in [4.69, 9.17) is 4.52 Å². The second-order valence-electron chi connectivity index (χ2n) is 7.53. The maximum Gasteiger partial charge on any atom is 0.256 e. The Morgan fingerprint density at radius 2 is 2.00 bits per heavy atom. The maximum absolute atomic E-state index is 13.1. The third-order valence-corrected chi connectivity index (χ3v) is 6.08. The van der Waals surface area contributed by atoms with Crippen molar-refractivity contribution >= 4 is 28.8 Å². The number of hydrogen-bond donors (Lipinski definition) is 1. The zero-order chi connectivity index (χ0) is 21.6. The van der Waals surface area contributed by atoms with E-state index < -0.39 is 0 Å². The van der Waals surface area contributed by atoms with Crippen molar-refractivity contribution in [3.05, 3.63) is 53.2 Å². The molecule has 2 aromatic heterocycles. The molecule has 1 saturated heterocycles. The summed E-state index contributed by atoms with van der Waals surface area (Å²) in [7, 11) is 2.06. The Balaban J connectivity index is 1.37. The minimum atomic E-state index is -0.202. The van der Waals surface area contributed by atoms with Gasteiger partial charge in [0.15, 0.2) is 0 Å². The van der Waals surface area contributed by atoms with Gasteiger partial charge in [-0.25, -0.2) is 0 Å². The Labute approximate surface area is 184 Å². The highest BCUT2D eigenvalue weighted by Crippen LogP contribution is 2.22. The number of aromatic nitrogens is 2. The molecular weight excluding hydrogens is 414 g/mol. The molecule has 4 rings (SSSR count). The number of carbonyl (C=O) groups excluding carboxylic acids is 2. The van der Waals surface area contributed by atoms with E-state index in [1.54, 1.807) is 12.1 Å². The van der Waals surface area contributed by atoms with Crippen LogP contribution < -0.4 is 5.32 Å². The van der Waals surface area contributed by atoms with Gasteiger partial charge in [0.25, 0.3) is 5.91 Å². The third kappa shape index (κ3) is 5.36. The van der Waals surface area contributed by atoms with Crippen LogP contribution in [-0.2, 0) is 11.2 Å². The van der Waals surface area contributed by atoms with Crippen LogP contribution in [0.1, 0.15) is 29.1 Å². The largest absolute Gasteiger partial charge is 0.339 e. The topological polar surface area (TPSA) is 91.6 Å². The molecule has 162 valence electrons. The van der Waals surface area contributed by atoms with Gasteiger partial charge < -0.3 is 19.6 Å². The molecule has 0 spiro atoms. The number of nitrogens with one attached hydrogen (secondary N) is 1. The number of nitrogens with zero attached hydrogens (tertiary/aromatic N) is 4. The number of benzene rings is 1. The number of likely N-dealkylation sites (N-methyl/N-ethyl adjacent to an activating group) is 1. The second-order valence-corrected chi connectivity index (χ2v) is 8.48. The van der Waals surface area contributed by atoms with E-state index in [1.807, 2.05) is 34.5 Å². The summed E-state index contributed by atoms with van der Waals surface area (Å²) in [4.78, 5) is 35.0. The molecule has 1 N–H and O–H groups in total.